The van der Waals surface area contributed by atoms with Crippen LogP contribution in [-0.4, -0.2) is 54.9 Å². The van der Waals surface area contributed by atoms with Gasteiger partial charge in [0.1, 0.15) is 5.69 Å². The van der Waals surface area contributed by atoms with E-state index in [0.29, 0.717) is 31.0 Å². The van der Waals surface area contributed by atoms with E-state index in [2.05, 4.69) is 29.4 Å². The first-order valence-electron chi connectivity index (χ1n) is 13.8. The molecule has 0 radical (unpaired) electrons. The number of likely N-dealkylation sites (tertiary alicyclic amines) is 1. The maximum atomic E-state index is 13.8. The van der Waals surface area contributed by atoms with Crippen LogP contribution in [0.25, 0.3) is 12.2 Å². The predicted molar refractivity (Wildman–Crippen MR) is 152 cm³/mol. The first-order chi connectivity index (χ1) is 18.8. The van der Waals surface area contributed by atoms with Gasteiger partial charge < -0.3 is 9.42 Å². The highest BCUT2D eigenvalue weighted by Gasteiger charge is 2.38. The average molecular weight is 548 g/mol. The zero-order valence-electron chi connectivity index (χ0n) is 22.8. The second kappa shape index (κ2) is 11.9. The van der Waals surface area contributed by atoms with Crippen molar-refractivity contribution in [2.75, 3.05) is 26.2 Å². The molecule has 3 aromatic rings. The minimum atomic E-state index is -3.88. The van der Waals surface area contributed by atoms with E-state index < -0.39 is 10.0 Å². The molecule has 206 valence electrons. The fraction of sp³-hybridized carbons (Fsp3) is 0.419. The van der Waals surface area contributed by atoms with Gasteiger partial charge in [0.15, 0.2) is 10.7 Å². The first kappa shape index (κ1) is 27.3. The van der Waals surface area contributed by atoms with Crippen LogP contribution in [0.5, 0.6) is 0 Å². The molecule has 0 aliphatic carbocycles. The molecule has 39 heavy (non-hydrogen) atoms. The van der Waals surface area contributed by atoms with Crippen molar-refractivity contribution < 1.29 is 17.7 Å². The van der Waals surface area contributed by atoms with Crippen molar-refractivity contribution in [1.82, 2.24) is 14.4 Å². The smallest absolute Gasteiger partial charge is 0.248 e. The minimum Gasteiger partial charge on any atom is -0.355 e. The number of piperidine rings is 2. The Kier molecular flexibility index (Phi) is 8.33. The van der Waals surface area contributed by atoms with Crippen molar-refractivity contribution in [3.63, 3.8) is 0 Å². The number of amides is 1. The number of hydrogen-bond donors (Lipinski definition) is 0. The van der Waals surface area contributed by atoms with Gasteiger partial charge in [-0.3, -0.25) is 4.79 Å². The van der Waals surface area contributed by atoms with E-state index in [1.54, 1.807) is 13.0 Å². The fourth-order valence-electron chi connectivity index (χ4n) is 5.70. The van der Waals surface area contributed by atoms with E-state index in [4.69, 9.17) is 4.52 Å². The molecule has 2 aliphatic heterocycles. The summed E-state index contributed by atoms with van der Waals surface area (Å²) in [5, 5.41) is 3.96. The van der Waals surface area contributed by atoms with E-state index in [0.717, 1.165) is 43.5 Å². The Morgan fingerprint density at radius 1 is 0.974 bits per heavy atom. The molecule has 2 aliphatic rings. The highest BCUT2D eigenvalue weighted by Crippen LogP contribution is 2.31. The van der Waals surface area contributed by atoms with Crippen molar-refractivity contribution in [1.29, 1.82) is 0 Å². The molecule has 0 spiro atoms. The molecule has 8 heteroatoms. The summed E-state index contributed by atoms with van der Waals surface area (Å²) in [6, 6.07) is 18.4. The molecule has 7 nitrogen and oxygen atoms in total. The van der Waals surface area contributed by atoms with Gasteiger partial charge in [0.05, 0.1) is 5.92 Å². The molecule has 0 saturated carbocycles. The standard InChI is InChI=1S/C31H37N3O4S/c1-23-10-12-25(13-11-23)14-15-29-30(24(2)32-38-29)39(36,37)34-18-6-9-28(22-34)31(35)33-19-16-27(17-20-33)21-26-7-4-3-5-8-26/h3-5,7-8,10-15,27-28H,6,9,16-22H2,1-2H3/b15-14+/t28-/m1/s1. The number of carbonyl (C=O) groups is 1. The summed E-state index contributed by atoms with van der Waals surface area (Å²) in [7, 11) is -3.88. The average Bonchev–Trinajstić information content (AvgIpc) is 3.34. The van der Waals surface area contributed by atoms with Crippen LogP contribution in [0.2, 0.25) is 0 Å². The topological polar surface area (TPSA) is 83.7 Å². The number of carbonyl (C=O) groups excluding carboxylic acids is 1. The van der Waals surface area contributed by atoms with E-state index in [9.17, 15) is 13.2 Å². The number of nitrogens with zero attached hydrogens (tertiary/aromatic N) is 3. The third kappa shape index (κ3) is 6.34. The number of hydrogen-bond acceptors (Lipinski definition) is 5. The number of rotatable bonds is 7. The van der Waals surface area contributed by atoms with Gasteiger partial charge in [-0.25, -0.2) is 8.42 Å². The van der Waals surface area contributed by atoms with Crippen molar-refractivity contribution in [3.8, 4) is 0 Å². The number of sulfonamides is 1. The normalized spacial score (nSPS) is 19.5. The van der Waals surface area contributed by atoms with Gasteiger partial charge in [-0.15, -0.1) is 0 Å². The lowest BCUT2D eigenvalue weighted by Gasteiger charge is -2.37. The molecule has 2 saturated heterocycles. The second-order valence-electron chi connectivity index (χ2n) is 10.9. The molecule has 2 aromatic carbocycles. The molecular weight excluding hydrogens is 510 g/mol. The predicted octanol–water partition coefficient (Wildman–Crippen LogP) is 5.34. The lowest BCUT2D eigenvalue weighted by molar-refractivity contribution is -0.138. The highest BCUT2D eigenvalue weighted by molar-refractivity contribution is 7.89. The summed E-state index contributed by atoms with van der Waals surface area (Å²) in [5.74, 6) is 0.533. The van der Waals surface area contributed by atoms with Gasteiger partial charge in [-0.05, 0) is 69.1 Å². The van der Waals surface area contributed by atoms with Crippen molar-refractivity contribution >= 4 is 28.1 Å². The largest absolute Gasteiger partial charge is 0.355 e. The molecule has 2 fully saturated rings. The molecule has 0 unspecified atom stereocenters. The van der Waals surface area contributed by atoms with Gasteiger partial charge >= 0.3 is 0 Å². The Labute approximate surface area is 231 Å². The second-order valence-corrected chi connectivity index (χ2v) is 12.7. The van der Waals surface area contributed by atoms with Gasteiger partial charge in [0.2, 0.25) is 15.9 Å². The van der Waals surface area contributed by atoms with E-state index in [1.165, 1.54) is 9.87 Å². The molecule has 5 rings (SSSR count). The SMILES string of the molecule is Cc1ccc(/C=C/c2onc(C)c2S(=O)(=O)N2CCC[C@@H](C(=O)N3CCC(Cc4ccccc4)CC3)C2)cc1. The van der Waals surface area contributed by atoms with Crippen LogP contribution in [0, 0.1) is 25.7 Å². The fourth-order valence-corrected chi connectivity index (χ4v) is 7.48. The maximum absolute atomic E-state index is 13.8. The van der Waals surface area contributed by atoms with Gasteiger partial charge in [-0.1, -0.05) is 71.4 Å². The number of aryl methyl sites for hydroxylation is 2. The summed E-state index contributed by atoms with van der Waals surface area (Å²) in [6.07, 6.45) is 7.83. The highest BCUT2D eigenvalue weighted by atomic mass is 32.2. The Morgan fingerprint density at radius 3 is 2.41 bits per heavy atom. The summed E-state index contributed by atoms with van der Waals surface area (Å²) in [4.78, 5) is 15.5. The summed E-state index contributed by atoms with van der Waals surface area (Å²) < 4.78 is 34.4. The Balaban J connectivity index is 1.24. The van der Waals surface area contributed by atoms with Crippen LogP contribution in [0.4, 0.5) is 0 Å². The molecule has 0 bridgehead atoms. The number of aromatic nitrogens is 1. The monoisotopic (exact) mass is 547 g/mol. The Hall–Kier alpha value is -3.23. The van der Waals surface area contributed by atoms with Crippen LogP contribution in [0.3, 0.4) is 0 Å². The molecular formula is C31H37N3O4S. The van der Waals surface area contributed by atoms with Gasteiger partial charge in [-0.2, -0.15) is 4.31 Å². The zero-order valence-corrected chi connectivity index (χ0v) is 23.6. The Bertz CT molecular complexity index is 1410. The van der Waals surface area contributed by atoms with Crippen molar-refractivity contribution in [3.05, 3.63) is 82.7 Å². The van der Waals surface area contributed by atoms with Crippen molar-refractivity contribution in [2.45, 2.75) is 50.8 Å². The summed E-state index contributed by atoms with van der Waals surface area (Å²) in [5.41, 5.74) is 3.76. The summed E-state index contributed by atoms with van der Waals surface area (Å²) in [6.45, 7) is 5.71. The Morgan fingerprint density at radius 2 is 1.69 bits per heavy atom. The van der Waals surface area contributed by atoms with E-state index >= 15 is 0 Å². The zero-order chi connectivity index (χ0) is 27.4. The van der Waals surface area contributed by atoms with Crippen LogP contribution >= 0.6 is 0 Å². The minimum absolute atomic E-state index is 0.0783. The lowest BCUT2D eigenvalue weighted by Crippen LogP contribution is -2.48. The van der Waals surface area contributed by atoms with Crippen LogP contribution < -0.4 is 0 Å². The molecule has 0 N–H and O–H groups in total. The number of benzene rings is 2. The molecule has 1 atom stereocenters. The quantitative estimate of drug-likeness (QED) is 0.399. The van der Waals surface area contributed by atoms with Crippen LogP contribution in [-0.2, 0) is 21.2 Å². The third-order valence-corrected chi connectivity index (χ3v) is 9.99. The van der Waals surface area contributed by atoms with Crippen molar-refractivity contribution in [2.24, 2.45) is 11.8 Å². The molecule has 1 amide bonds. The van der Waals surface area contributed by atoms with Crippen LogP contribution in [0.15, 0.2) is 64.0 Å². The lowest BCUT2D eigenvalue weighted by atomic mass is 9.89. The maximum Gasteiger partial charge on any atom is 0.248 e. The summed E-state index contributed by atoms with van der Waals surface area (Å²) >= 11 is 0. The molecule has 3 heterocycles. The van der Waals surface area contributed by atoms with Gasteiger partial charge in [0, 0.05) is 26.2 Å². The van der Waals surface area contributed by atoms with Gasteiger partial charge in [0.25, 0.3) is 0 Å². The first-order valence-corrected chi connectivity index (χ1v) is 15.3. The van der Waals surface area contributed by atoms with E-state index in [1.807, 2.05) is 48.2 Å². The van der Waals surface area contributed by atoms with Crippen LogP contribution in [0.1, 0.15) is 53.8 Å². The molecule has 1 aromatic heterocycles. The third-order valence-electron chi connectivity index (χ3n) is 7.96. The van der Waals surface area contributed by atoms with E-state index in [-0.39, 0.29) is 29.0 Å².